The number of nitrogens with zero attached hydrogens (tertiary/aromatic N) is 2. The highest BCUT2D eigenvalue weighted by Crippen LogP contribution is 2.33. The third-order valence-corrected chi connectivity index (χ3v) is 4.39. The Kier molecular flexibility index (Phi) is 5.23. The van der Waals surface area contributed by atoms with Gasteiger partial charge in [0, 0.05) is 30.4 Å². The predicted molar refractivity (Wildman–Crippen MR) is 93.6 cm³/mol. The van der Waals surface area contributed by atoms with Gasteiger partial charge in [-0.2, -0.15) is 17.6 Å². The van der Waals surface area contributed by atoms with Crippen LogP contribution < -0.4 is 10.2 Å². The van der Waals surface area contributed by atoms with Crippen LogP contribution in [-0.4, -0.2) is 23.3 Å². The van der Waals surface area contributed by atoms with Crippen molar-refractivity contribution in [1.29, 1.82) is 0 Å². The molecule has 1 aliphatic heterocycles. The fraction of sp³-hybridized carbons (Fsp3) is 0.222. The van der Waals surface area contributed by atoms with E-state index in [-0.39, 0.29) is 24.3 Å². The Morgan fingerprint density at radius 3 is 2.59 bits per heavy atom. The Bertz CT molecular complexity index is 993. The van der Waals surface area contributed by atoms with Crippen molar-refractivity contribution in [2.45, 2.75) is 12.6 Å². The predicted octanol–water partition coefficient (Wildman–Crippen LogP) is 3.74. The summed E-state index contributed by atoms with van der Waals surface area (Å²) in [4.78, 5) is 35.5. The normalized spacial score (nSPS) is 16.8. The molecule has 0 aromatic heterocycles. The van der Waals surface area contributed by atoms with E-state index < -0.39 is 45.9 Å². The number of carbonyl (C=O) groups excluding carboxylic acids is 2. The summed E-state index contributed by atoms with van der Waals surface area (Å²) >= 11 is 0. The average Bonchev–Trinajstić information content (AvgIpc) is 3.04. The second kappa shape index (κ2) is 7.49. The summed E-state index contributed by atoms with van der Waals surface area (Å²) in [6.07, 6.45) is -4.82. The Hall–Kier alpha value is -3.50. The van der Waals surface area contributed by atoms with E-state index in [4.69, 9.17) is 0 Å². The highest BCUT2D eigenvalue weighted by atomic mass is 19.4. The number of nitrogens with one attached hydrogen (secondary N) is 1. The van der Waals surface area contributed by atoms with Gasteiger partial charge in [-0.25, -0.2) is 0 Å². The highest BCUT2D eigenvalue weighted by molar-refractivity contribution is 6.03. The van der Waals surface area contributed by atoms with Gasteiger partial charge in [0.1, 0.15) is 0 Å². The monoisotopic (exact) mass is 411 g/mol. The average molecular weight is 411 g/mol. The number of hydrogen-bond acceptors (Lipinski definition) is 4. The number of carbonyl (C=O) groups is 2. The Balaban J connectivity index is 1.74. The van der Waals surface area contributed by atoms with E-state index in [2.05, 4.69) is 5.32 Å². The van der Waals surface area contributed by atoms with E-state index in [1.807, 2.05) is 0 Å². The van der Waals surface area contributed by atoms with Crippen molar-refractivity contribution in [2.24, 2.45) is 5.92 Å². The van der Waals surface area contributed by atoms with E-state index in [0.717, 1.165) is 41.3 Å². The van der Waals surface area contributed by atoms with E-state index in [9.17, 15) is 37.3 Å². The number of anilines is 2. The maximum atomic E-state index is 13.4. The maximum Gasteiger partial charge on any atom is 0.416 e. The van der Waals surface area contributed by atoms with Crippen LogP contribution in [0.15, 0.2) is 42.5 Å². The quantitative estimate of drug-likeness (QED) is 0.471. The van der Waals surface area contributed by atoms with Gasteiger partial charge < -0.3 is 10.2 Å². The molecule has 1 saturated heterocycles. The number of alkyl halides is 3. The van der Waals surface area contributed by atoms with Crippen molar-refractivity contribution in [1.82, 2.24) is 0 Å². The molecule has 0 bridgehead atoms. The molecule has 0 unspecified atom stereocenters. The highest BCUT2D eigenvalue weighted by Gasteiger charge is 2.37. The summed E-state index contributed by atoms with van der Waals surface area (Å²) < 4.78 is 52.0. The summed E-state index contributed by atoms with van der Waals surface area (Å²) in [5, 5.41) is 13.1. The summed E-state index contributed by atoms with van der Waals surface area (Å²) in [6, 6.07) is 6.98. The first kappa shape index (κ1) is 20.2. The van der Waals surface area contributed by atoms with Gasteiger partial charge in [-0.15, -0.1) is 0 Å². The molecule has 152 valence electrons. The molecule has 7 nitrogen and oxygen atoms in total. The number of nitro benzene ring substituents is 1. The van der Waals surface area contributed by atoms with Gasteiger partial charge in [0.15, 0.2) is 0 Å². The first-order valence-electron chi connectivity index (χ1n) is 8.28. The molecular formula is C18H13F4N3O4. The van der Waals surface area contributed by atoms with Crippen LogP contribution in [0.2, 0.25) is 0 Å². The van der Waals surface area contributed by atoms with Gasteiger partial charge >= 0.3 is 11.9 Å². The largest absolute Gasteiger partial charge is 0.416 e. The molecule has 1 aliphatic rings. The molecule has 1 N–H and O–H groups in total. The van der Waals surface area contributed by atoms with Crippen molar-refractivity contribution in [3.63, 3.8) is 0 Å². The van der Waals surface area contributed by atoms with Crippen LogP contribution in [0, 0.1) is 21.8 Å². The number of hydrogen-bond donors (Lipinski definition) is 1. The molecule has 2 aromatic carbocycles. The topological polar surface area (TPSA) is 92.5 Å². The lowest BCUT2D eigenvalue weighted by atomic mass is 10.1. The van der Waals surface area contributed by atoms with Gasteiger partial charge in [-0.1, -0.05) is 6.07 Å². The number of rotatable bonds is 4. The number of nitro groups is 1. The van der Waals surface area contributed by atoms with Crippen LogP contribution in [0.1, 0.15) is 12.0 Å². The van der Waals surface area contributed by atoms with Crippen LogP contribution in [0.4, 0.5) is 34.6 Å². The summed E-state index contributed by atoms with van der Waals surface area (Å²) in [5.74, 6) is -3.15. The van der Waals surface area contributed by atoms with E-state index >= 15 is 0 Å². The Morgan fingerprint density at radius 2 is 1.93 bits per heavy atom. The molecule has 0 saturated carbocycles. The molecular weight excluding hydrogens is 398 g/mol. The molecule has 2 amide bonds. The molecule has 29 heavy (non-hydrogen) atoms. The zero-order chi connectivity index (χ0) is 21.3. The smallest absolute Gasteiger partial charge is 0.326 e. The fourth-order valence-electron chi connectivity index (χ4n) is 2.96. The number of halogens is 4. The third kappa shape index (κ3) is 4.33. The standard InChI is InChI=1S/C18H13F4N3O4/c19-14-5-4-12(8-15(14)25(28)29)23-17(27)10-6-16(26)24(9-10)13-3-1-2-11(7-13)18(20,21)22/h1-5,7-8,10H,6,9H2,(H,23,27)/t10-/m0/s1. The second-order valence-corrected chi connectivity index (χ2v) is 6.37. The van der Waals surface area contributed by atoms with Gasteiger partial charge in [0.25, 0.3) is 0 Å². The maximum absolute atomic E-state index is 13.4. The first-order valence-corrected chi connectivity index (χ1v) is 8.28. The lowest BCUT2D eigenvalue weighted by molar-refractivity contribution is -0.387. The molecule has 1 fully saturated rings. The van der Waals surface area contributed by atoms with Crippen LogP contribution in [0.3, 0.4) is 0 Å². The summed E-state index contributed by atoms with van der Waals surface area (Å²) in [6.45, 7) is -0.157. The zero-order valence-corrected chi connectivity index (χ0v) is 14.6. The molecule has 1 heterocycles. The van der Waals surface area contributed by atoms with E-state index in [0.29, 0.717) is 0 Å². The molecule has 0 radical (unpaired) electrons. The molecule has 2 aromatic rings. The lowest BCUT2D eigenvalue weighted by Crippen LogP contribution is -2.28. The zero-order valence-electron chi connectivity index (χ0n) is 14.6. The summed E-state index contributed by atoms with van der Waals surface area (Å²) in [7, 11) is 0. The van der Waals surface area contributed by atoms with E-state index in [1.165, 1.54) is 6.07 Å². The minimum atomic E-state index is -4.58. The minimum Gasteiger partial charge on any atom is -0.326 e. The van der Waals surface area contributed by atoms with Crippen molar-refractivity contribution in [3.8, 4) is 0 Å². The second-order valence-electron chi connectivity index (χ2n) is 6.37. The van der Waals surface area contributed by atoms with Crippen molar-refractivity contribution in [3.05, 3.63) is 64.0 Å². The summed E-state index contributed by atoms with van der Waals surface area (Å²) in [5.41, 5.74) is -1.77. The van der Waals surface area contributed by atoms with Gasteiger partial charge in [-0.3, -0.25) is 19.7 Å². The number of benzene rings is 2. The Morgan fingerprint density at radius 1 is 1.21 bits per heavy atom. The van der Waals surface area contributed by atoms with Crippen molar-refractivity contribution < 1.29 is 32.1 Å². The molecule has 3 rings (SSSR count). The molecule has 1 atom stereocenters. The molecule has 11 heteroatoms. The van der Waals surface area contributed by atoms with Crippen molar-refractivity contribution >= 4 is 28.9 Å². The van der Waals surface area contributed by atoms with Gasteiger partial charge in [0.05, 0.1) is 16.4 Å². The molecule has 0 spiro atoms. The lowest BCUT2D eigenvalue weighted by Gasteiger charge is -2.18. The van der Waals surface area contributed by atoms with Gasteiger partial charge in [0.2, 0.25) is 17.6 Å². The van der Waals surface area contributed by atoms with Crippen molar-refractivity contribution in [2.75, 3.05) is 16.8 Å². The third-order valence-electron chi connectivity index (χ3n) is 4.39. The number of amides is 2. The molecule has 0 aliphatic carbocycles. The van der Waals surface area contributed by atoms with E-state index in [1.54, 1.807) is 0 Å². The van der Waals surface area contributed by atoms with Crippen LogP contribution in [0.5, 0.6) is 0 Å². The van der Waals surface area contributed by atoms with Crippen LogP contribution in [-0.2, 0) is 15.8 Å². The minimum absolute atomic E-state index is 0.0116. The fourth-order valence-corrected chi connectivity index (χ4v) is 2.96. The van der Waals surface area contributed by atoms with Gasteiger partial charge in [-0.05, 0) is 30.3 Å². The van der Waals surface area contributed by atoms with Crippen LogP contribution in [0.25, 0.3) is 0 Å². The Labute approximate surface area is 161 Å². The SMILES string of the molecule is O=C(Nc1ccc(F)c([N+](=O)[O-])c1)[C@H]1CC(=O)N(c2cccc(C(F)(F)F)c2)C1. The van der Waals surface area contributed by atoms with Crippen LogP contribution >= 0.6 is 0 Å². The first-order chi connectivity index (χ1) is 13.6.